The minimum absolute atomic E-state index is 0.0308. The second-order valence-electron chi connectivity index (χ2n) is 3.84. The van der Waals surface area contributed by atoms with E-state index in [9.17, 15) is 4.79 Å². The number of amides is 1. The summed E-state index contributed by atoms with van der Waals surface area (Å²) in [4.78, 5) is 11.4. The number of carbonyl (C=O) groups excluding carboxylic acids is 1. The second kappa shape index (κ2) is 6.79. The lowest BCUT2D eigenvalue weighted by Gasteiger charge is -2.18. The van der Waals surface area contributed by atoms with Crippen molar-refractivity contribution in [3.63, 3.8) is 0 Å². The number of hydrogen-bond donors (Lipinski definition) is 2. The highest BCUT2D eigenvalue weighted by Gasteiger charge is 2.13. The highest BCUT2D eigenvalue weighted by Crippen LogP contribution is 1.89. The number of methoxy groups -OCH3 is 1. The number of nitrogens with one attached hydrogen (secondary N) is 2. The first-order chi connectivity index (χ1) is 6.47. The Morgan fingerprint density at radius 1 is 1.29 bits per heavy atom. The molecule has 0 aliphatic heterocycles. The standard InChI is InChI=1S/C10H22N2O2/c1-7(2)12-10(13)9(4)11-6-8(3)14-5/h7-9,11H,6H2,1-5H3,(H,12,13). The fraction of sp³-hybridized carbons (Fsp3) is 0.900. The minimum Gasteiger partial charge on any atom is -0.380 e. The van der Waals surface area contributed by atoms with Crippen molar-refractivity contribution < 1.29 is 9.53 Å². The Kier molecular flexibility index (Phi) is 6.49. The molecule has 2 unspecified atom stereocenters. The molecule has 0 heterocycles. The van der Waals surface area contributed by atoms with Gasteiger partial charge in [0.25, 0.3) is 0 Å². The molecule has 0 saturated heterocycles. The largest absolute Gasteiger partial charge is 0.380 e. The van der Waals surface area contributed by atoms with E-state index in [4.69, 9.17) is 4.74 Å². The third-order valence-corrected chi connectivity index (χ3v) is 1.94. The van der Waals surface area contributed by atoms with Gasteiger partial charge < -0.3 is 15.4 Å². The molecular weight excluding hydrogens is 180 g/mol. The molecule has 2 atom stereocenters. The van der Waals surface area contributed by atoms with Gasteiger partial charge in [-0.05, 0) is 27.7 Å². The van der Waals surface area contributed by atoms with Crippen molar-refractivity contribution in [2.24, 2.45) is 0 Å². The Balaban J connectivity index is 3.72. The molecule has 0 rings (SSSR count). The van der Waals surface area contributed by atoms with Gasteiger partial charge in [-0.25, -0.2) is 0 Å². The van der Waals surface area contributed by atoms with E-state index in [1.54, 1.807) is 7.11 Å². The van der Waals surface area contributed by atoms with Gasteiger partial charge in [-0.1, -0.05) is 0 Å². The highest BCUT2D eigenvalue weighted by atomic mass is 16.5. The van der Waals surface area contributed by atoms with Crippen LogP contribution in [0.3, 0.4) is 0 Å². The van der Waals surface area contributed by atoms with Gasteiger partial charge in [0, 0.05) is 19.7 Å². The van der Waals surface area contributed by atoms with E-state index in [1.807, 2.05) is 27.7 Å². The quantitative estimate of drug-likeness (QED) is 0.660. The van der Waals surface area contributed by atoms with E-state index >= 15 is 0 Å². The Hall–Kier alpha value is -0.610. The molecule has 0 fully saturated rings. The smallest absolute Gasteiger partial charge is 0.237 e. The molecule has 84 valence electrons. The molecule has 0 aliphatic rings. The topological polar surface area (TPSA) is 50.4 Å². The summed E-state index contributed by atoms with van der Waals surface area (Å²) in [5.41, 5.74) is 0. The van der Waals surface area contributed by atoms with Gasteiger partial charge in [0.15, 0.2) is 0 Å². The fourth-order valence-corrected chi connectivity index (χ4v) is 0.928. The monoisotopic (exact) mass is 202 g/mol. The van der Waals surface area contributed by atoms with Gasteiger partial charge in [-0.2, -0.15) is 0 Å². The van der Waals surface area contributed by atoms with E-state index in [2.05, 4.69) is 10.6 Å². The first kappa shape index (κ1) is 13.4. The normalized spacial score (nSPS) is 15.3. The van der Waals surface area contributed by atoms with Crippen molar-refractivity contribution >= 4 is 5.91 Å². The average Bonchev–Trinajstić information content (AvgIpc) is 2.12. The minimum atomic E-state index is -0.171. The van der Waals surface area contributed by atoms with Crippen molar-refractivity contribution in [3.8, 4) is 0 Å². The zero-order valence-electron chi connectivity index (χ0n) is 9.76. The third-order valence-electron chi connectivity index (χ3n) is 1.94. The molecule has 0 radical (unpaired) electrons. The molecule has 0 spiro atoms. The van der Waals surface area contributed by atoms with Crippen LogP contribution in [0.1, 0.15) is 27.7 Å². The summed E-state index contributed by atoms with van der Waals surface area (Å²) < 4.78 is 5.07. The van der Waals surface area contributed by atoms with Gasteiger partial charge in [0.05, 0.1) is 12.1 Å². The number of hydrogen-bond acceptors (Lipinski definition) is 3. The average molecular weight is 202 g/mol. The van der Waals surface area contributed by atoms with Gasteiger partial charge >= 0.3 is 0 Å². The fourth-order valence-electron chi connectivity index (χ4n) is 0.928. The zero-order valence-corrected chi connectivity index (χ0v) is 9.76. The molecular formula is C10H22N2O2. The summed E-state index contributed by atoms with van der Waals surface area (Å²) in [6, 6.07) is 0.0154. The molecule has 1 amide bonds. The summed E-state index contributed by atoms with van der Waals surface area (Å²) in [7, 11) is 1.66. The molecule has 2 N–H and O–H groups in total. The molecule has 14 heavy (non-hydrogen) atoms. The number of rotatable bonds is 6. The maximum absolute atomic E-state index is 11.4. The SMILES string of the molecule is COC(C)CNC(C)C(=O)NC(C)C. The van der Waals surface area contributed by atoms with Crippen molar-refractivity contribution in [3.05, 3.63) is 0 Å². The lowest BCUT2D eigenvalue weighted by molar-refractivity contribution is -0.123. The summed E-state index contributed by atoms with van der Waals surface area (Å²) >= 11 is 0. The maximum Gasteiger partial charge on any atom is 0.237 e. The zero-order chi connectivity index (χ0) is 11.1. The molecule has 0 aromatic heterocycles. The molecule has 4 heteroatoms. The summed E-state index contributed by atoms with van der Waals surface area (Å²) in [6.07, 6.45) is 0.129. The molecule has 0 saturated carbocycles. The number of carbonyl (C=O) groups is 1. The lowest BCUT2D eigenvalue weighted by Crippen LogP contribution is -2.46. The Morgan fingerprint density at radius 2 is 1.86 bits per heavy atom. The Morgan fingerprint density at radius 3 is 2.29 bits per heavy atom. The van der Waals surface area contributed by atoms with Crippen LogP contribution in [-0.4, -0.2) is 37.7 Å². The molecule has 4 nitrogen and oxygen atoms in total. The number of ether oxygens (including phenoxy) is 1. The highest BCUT2D eigenvalue weighted by molar-refractivity contribution is 5.81. The van der Waals surface area contributed by atoms with Crippen LogP contribution >= 0.6 is 0 Å². The van der Waals surface area contributed by atoms with E-state index in [0.717, 1.165) is 0 Å². The van der Waals surface area contributed by atoms with Crippen LogP contribution in [0.2, 0.25) is 0 Å². The molecule has 0 aromatic carbocycles. The van der Waals surface area contributed by atoms with Crippen molar-refractivity contribution in [1.29, 1.82) is 0 Å². The maximum atomic E-state index is 11.4. The van der Waals surface area contributed by atoms with Crippen LogP contribution in [0.5, 0.6) is 0 Å². The third kappa shape index (κ3) is 5.94. The van der Waals surface area contributed by atoms with E-state index in [0.29, 0.717) is 6.54 Å². The predicted octanol–water partition coefficient (Wildman–Crippen LogP) is 0.524. The summed E-state index contributed by atoms with van der Waals surface area (Å²) in [5.74, 6) is 0.0308. The van der Waals surface area contributed by atoms with Gasteiger partial charge in [-0.15, -0.1) is 0 Å². The van der Waals surface area contributed by atoms with Crippen LogP contribution < -0.4 is 10.6 Å². The first-order valence-electron chi connectivity index (χ1n) is 5.04. The Labute approximate surface area is 86.4 Å². The first-order valence-corrected chi connectivity index (χ1v) is 5.04. The van der Waals surface area contributed by atoms with E-state index < -0.39 is 0 Å². The molecule has 0 aromatic rings. The predicted molar refractivity (Wildman–Crippen MR) is 57.2 cm³/mol. The Bertz CT molecular complexity index is 172. The van der Waals surface area contributed by atoms with Crippen LogP contribution in [0.25, 0.3) is 0 Å². The summed E-state index contributed by atoms with van der Waals surface area (Å²) in [5, 5.41) is 5.94. The molecule has 0 bridgehead atoms. The molecule has 0 aliphatic carbocycles. The van der Waals surface area contributed by atoms with Crippen molar-refractivity contribution in [2.45, 2.75) is 45.9 Å². The van der Waals surface area contributed by atoms with Crippen molar-refractivity contribution in [2.75, 3.05) is 13.7 Å². The van der Waals surface area contributed by atoms with Gasteiger partial charge in [0.1, 0.15) is 0 Å². The van der Waals surface area contributed by atoms with E-state index in [1.165, 1.54) is 0 Å². The van der Waals surface area contributed by atoms with Crippen LogP contribution in [0, 0.1) is 0 Å². The van der Waals surface area contributed by atoms with Crippen LogP contribution in [0.4, 0.5) is 0 Å². The van der Waals surface area contributed by atoms with Gasteiger partial charge in [0.2, 0.25) is 5.91 Å². The van der Waals surface area contributed by atoms with Crippen LogP contribution in [0.15, 0.2) is 0 Å². The summed E-state index contributed by atoms with van der Waals surface area (Å²) in [6.45, 7) is 8.38. The lowest BCUT2D eigenvalue weighted by atomic mass is 10.2. The second-order valence-corrected chi connectivity index (χ2v) is 3.84. The van der Waals surface area contributed by atoms with Crippen molar-refractivity contribution in [1.82, 2.24) is 10.6 Å². The van der Waals surface area contributed by atoms with Crippen LogP contribution in [-0.2, 0) is 9.53 Å². The van der Waals surface area contributed by atoms with E-state index in [-0.39, 0.29) is 24.1 Å². The van der Waals surface area contributed by atoms with Gasteiger partial charge in [-0.3, -0.25) is 4.79 Å².